The molecule has 0 aliphatic carbocycles. The summed E-state index contributed by atoms with van der Waals surface area (Å²) in [6.45, 7) is 53.6. The summed E-state index contributed by atoms with van der Waals surface area (Å²) >= 11 is -1.71. The summed E-state index contributed by atoms with van der Waals surface area (Å²) in [6.07, 6.45) is 0. The van der Waals surface area contributed by atoms with Gasteiger partial charge in [0.15, 0.2) is 0 Å². The standard InChI is InChI=1S/C33H70Si6Te/c1-25-23-40(24-26(25)2)30-28(32(36(9,10)11)37(12,13)14)21-27(31(34(3,4)5)35(6,7)8)22-29(30)33(38(15,16)17)39(18,19)20/h21-22,31-33,40H,23-24H2,1-20H3. The molecule has 0 fully saturated rings. The summed E-state index contributed by atoms with van der Waals surface area (Å²) in [4.78, 5) is 0. The average molecular weight is 763 g/mol. The van der Waals surface area contributed by atoms with E-state index in [0.717, 1.165) is 15.5 Å². The fourth-order valence-electron chi connectivity index (χ4n) is 9.50. The van der Waals surface area contributed by atoms with E-state index in [2.05, 4.69) is 147 Å². The van der Waals surface area contributed by atoms with E-state index in [1.54, 1.807) is 16.7 Å². The van der Waals surface area contributed by atoms with Crippen molar-refractivity contribution in [2.75, 3.05) is 0 Å². The van der Waals surface area contributed by atoms with Crippen molar-refractivity contribution < 1.29 is 0 Å². The van der Waals surface area contributed by atoms with Gasteiger partial charge in [0.1, 0.15) is 0 Å². The molecular formula is C33H70Si6Te. The topological polar surface area (TPSA) is 0 Å². The van der Waals surface area contributed by atoms with Crippen LogP contribution in [-0.4, -0.2) is 68.0 Å². The molecule has 0 nitrogen and oxygen atoms in total. The second kappa shape index (κ2) is 12.1. The molecule has 2 rings (SSSR count). The molecule has 1 aliphatic rings. The minimum absolute atomic E-state index is 0.816. The van der Waals surface area contributed by atoms with Crippen molar-refractivity contribution in [1.82, 2.24) is 0 Å². The average Bonchev–Trinajstić information content (AvgIpc) is 2.92. The van der Waals surface area contributed by atoms with E-state index in [4.69, 9.17) is 0 Å². The molecule has 1 aliphatic heterocycles. The molecule has 1 heterocycles. The first-order chi connectivity index (χ1) is 17.5. The van der Waals surface area contributed by atoms with Gasteiger partial charge in [0.25, 0.3) is 0 Å². The molecule has 0 saturated carbocycles. The van der Waals surface area contributed by atoms with Gasteiger partial charge in [0.05, 0.1) is 0 Å². The fourth-order valence-corrected chi connectivity index (χ4v) is 58.3. The number of hydrogen-bond acceptors (Lipinski definition) is 0. The van der Waals surface area contributed by atoms with Gasteiger partial charge in [0, 0.05) is 0 Å². The Morgan fingerprint density at radius 1 is 0.450 bits per heavy atom. The molecule has 0 radical (unpaired) electrons. The zero-order chi connectivity index (χ0) is 31.6. The monoisotopic (exact) mass is 764 g/mol. The molecule has 232 valence electrons. The van der Waals surface area contributed by atoms with Crippen molar-refractivity contribution in [3.63, 3.8) is 0 Å². The van der Waals surface area contributed by atoms with Gasteiger partial charge in [-0.25, -0.2) is 0 Å². The van der Waals surface area contributed by atoms with Crippen molar-refractivity contribution in [3.05, 3.63) is 40.0 Å². The molecule has 1 aromatic rings. The third kappa shape index (κ3) is 8.61. The summed E-state index contributed by atoms with van der Waals surface area (Å²) < 4.78 is 4.99. The summed E-state index contributed by atoms with van der Waals surface area (Å²) in [7, 11) is -8.66. The molecule has 0 bridgehead atoms. The van der Waals surface area contributed by atoms with E-state index in [-0.39, 0.29) is 0 Å². The van der Waals surface area contributed by atoms with Crippen molar-refractivity contribution in [1.29, 1.82) is 0 Å². The SMILES string of the molecule is CC1=C(C)C[TeH](c2c(C([Si](C)(C)C)[Si](C)(C)C)cc(C([Si](C)(C)C)[Si](C)(C)C)cc2C([Si](C)(C)C)[Si](C)(C)C)C1. The molecular weight excluding hydrogens is 692 g/mol. The van der Waals surface area contributed by atoms with Crippen LogP contribution in [-0.2, 0) is 0 Å². The van der Waals surface area contributed by atoms with E-state index >= 15 is 0 Å². The maximum atomic E-state index is 2.94. The fraction of sp³-hybridized carbons (Fsp3) is 0.758. The molecule has 0 amide bonds. The Morgan fingerprint density at radius 2 is 0.700 bits per heavy atom. The van der Waals surface area contributed by atoms with E-state index in [9.17, 15) is 0 Å². The van der Waals surface area contributed by atoms with E-state index in [1.165, 1.54) is 8.94 Å². The molecule has 0 unspecified atom stereocenters. The summed E-state index contributed by atoms with van der Waals surface area (Å²) in [5.41, 5.74) is 9.19. The first kappa shape index (κ1) is 37.2. The molecule has 7 heteroatoms. The Hall–Kier alpha value is 1.05. The van der Waals surface area contributed by atoms with Crippen molar-refractivity contribution >= 4 is 71.6 Å². The Labute approximate surface area is 265 Å². The summed E-state index contributed by atoms with van der Waals surface area (Å²) in [5, 5.41) is 2.50. The number of hydrogen-bond donors (Lipinski definition) is 0. The number of allylic oxidation sites excluding steroid dienone is 2. The van der Waals surface area contributed by atoms with Gasteiger partial charge in [-0.05, 0) is 0 Å². The Morgan fingerprint density at radius 3 is 0.925 bits per heavy atom. The van der Waals surface area contributed by atoms with Gasteiger partial charge < -0.3 is 0 Å². The van der Waals surface area contributed by atoms with Gasteiger partial charge >= 0.3 is 268 Å². The predicted molar refractivity (Wildman–Crippen MR) is 210 cm³/mol. The number of benzene rings is 1. The first-order valence-electron chi connectivity index (χ1n) is 16.1. The molecule has 0 aromatic heterocycles. The second-order valence-corrected chi connectivity index (χ2v) is 59.7. The van der Waals surface area contributed by atoms with Gasteiger partial charge in [-0.3, -0.25) is 0 Å². The van der Waals surface area contributed by atoms with Crippen LogP contribution in [0, 0.1) is 0 Å². The second-order valence-electron chi connectivity index (χ2n) is 20.0. The van der Waals surface area contributed by atoms with Gasteiger partial charge in [-0.15, -0.1) is 0 Å². The Kier molecular flexibility index (Phi) is 11.3. The van der Waals surface area contributed by atoms with Crippen LogP contribution in [0.5, 0.6) is 0 Å². The van der Waals surface area contributed by atoms with Crippen molar-refractivity contribution in [2.24, 2.45) is 0 Å². The van der Waals surface area contributed by atoms with E-state index < -0.39 is 68.0 Å². The van der Waals surface area contributed by atoms with Crippen LogP contribution in [0.25, 0.3) is 0 Å². The third-order valence-electron chi connectivity index (χ3n) is 9.24. The van der Waals surface area contributed by atoms with Crippen LogP contribution in [0.1, 0.15) is 46.0 Å². The Bertz CT molecular complexity index is 986. The molecule has 0 spiro atoms. The van der Waals surface area contributed by atoms with Crippen LogP contribution in [0.2, 0.25) is 127 Å². The molecule has 0 atom stereocenters. The van der Waals surface area contributed by atoms with Crippen molar-refractivity contribution in [3.8, 4) is 0 Å². The maximum absolute atomic E-state index is 2.94. The van der Waals surface area contributed by atoms with Gasteiger partial charge in [0.2, 0.25) is 0 Å². The normalized spacial score (nSPS) is 17.7. The predicted octanol–water partition coefficient (Wildman–Crippen LogP) is 11.0. The van der Waals surface area contributed by atoms with E-state index in [1.807, 2.05) is 11.1 Å². The molecule has 40 heavy (non-hydrogen) atoms. The summed E-state index contributed by atoms with van der Waals surface area (Å²) in [6, 6.07) is 5.89. The van der Waals surface area contributed by atoms with Crippen LogP contribution < -0.4 is 3.61 Å². The van der Waals surface area contributed by atoms with Crippen LogP contribution in [0.4, 0.5) is 0 Å². The van der Waals surface area contributed by atoms with Crippen LogP contribution in [0.15, 0.2) is 23.3 Å². The zero-order valence-electron chi connectivity index (χ0n) is 30.7. The van der Waals surface area contributed by atoms with Crippen LogP contribution in [0.3, 0.4) is 0 Å². The molecule has 0 N–H and O–H groups in total. The zero-order valence-corrected chi connectivity index (χ0v) is 39.3. The third-order valence-corrected chi connectivity index (χ3v) is 45.3. The van der Waals surface area contributed by atoms with E-state index in [0.29, 0.717) is 0 Å². The van der Waals surface area contributed by atoms with Gasteiger partial charge in [-0.1, -0.05) is 0 Å². The minimum atomic E-state index is -1.71. The molecule has 0 saturated heterocycles. The number of rotatable bonds is 10. The Balaban J connectivity index is 3.28. The quantitative estimate of drug-likeness (QED) is 0.165. The van der Waals surface area contributed by atoms with Crippen molar-refractivity contribution in [2.45, 2.75) is 156 Å². The summed E-state index contributed by atoms with van der Waals surface area (Å²) in [5.74, 6) is 0. The first-order valence-corrected chi connectivity index (χ1v) is 42.4. The van der Waals surface area contributed by atoms with Gasteiger partial charge in [-0.2, -0.15) is 0 Å². The van der Waals surface area contributed by atoms with Crippen LogP contribution >= 0.6 is 0 Å². The molecule has 1 aromatic carbocycles.